The van der Waals surface area contributed by atoms with Crippen molar-refractivity contribution in [2.45, 2.75) is 51.3 Å². The van der Waals surface area contributed by atoms with Crippen LogP contribution in [0.2, 0.25) is 0 Å². The van der Waals surface area contributed by atoms with Gasteiger partial charge in [0.05, 0.1) is 0 Å². The molecule has 1 N–H and O–H groups in total. The molecular formula is C12H23NS. The topological polar surface area (TPSA) is 12.0 Å². The molecule has 1 rings (SSSR count). The Morgan fingerprint density at radius 1 is 1.43 bits per heavy atom. The van der Waals surface area contributed by atoms with Crippen LogP contribution < -0.4 is 4.72 Å². The average Bonchev–Trinajstić information content (AvgIpc) is 2.09. The second-order valence-electron chi connectivity index (χ2n) is 5.60. The van der Waals surface area contributed by atoms with Crippen molar-refractivity contribution in [2.75, 3.05) is 0 Å². The smallest absolute Gasteiger partial charge is 0.0283 e. The van der Waals surface area contributed by atoms with E-state index in [0.717, 1.165) is 0 Å². The van der Waals surface area contributed by atoms with Gasteiger partial charge in [-0.25, -0.2) is 0 Å². The highest BCUT2D eigenvalue weighted by Gasteiger charge is 2.42. The third kappa shape index (κ3) is 2.54. The molecule has 0 amide bonds. The quantitative estimate of drug-likeness (QED) is 0.555. The maximum absolute atomic E-state index is 3.92. The lowest BCUT2D eigenvalue weighted by atomic mass is 9.76. The van der Waals surface area contributed by atoms with Gasteiger partial charge in [0.25, 0.3) is 0 Å². The van der Waals surface area contributed by atoms with E-state index in [1.54, 1.807) is 0 Å². The largest absolute Gasteiger partial charge is 0.258 e. The van der Waals surface area contributed by atoms with Gasteiger partial charge in [-0.3, -0.25) is 4.72 Å². The molecule has 0 aromatic carbocycles. The first-order chi connectivity index (χ1) is 6.28. The van der Waals surface area contributed by atoms with Gasteiger partial charge in [-0.15, -0.1) is 6.58 Å². The summed E-state index contributed by atoms with van der Waals surface area (Å²) in [6.07, 6.45) is 3.31. The molecule has 2 heteroatoms. The average molecular weight is 213 g/mol. The summed E-state index contributed by atoms with van der Waals surface area (Å²) in [6.45, 7) is 15.4. The molecular weight excluding hydrogens is 190 g/mol. The molecule has 0 radical (unpaired) electrons. The van der Waals surface area contributed by atoms with Gasteiger partial charge in [0, 0.05) is 10.3 Å². The van der Waals surface area contributed by atoms with Crippen LogP contribution in [0.4, 0.5) is 0 Å². The van der Waals surface area contributed by atoms with Crippen molar-refractivity contribution < 1.29 is 0 Å². The number of nitrogens with one attached hydrogen (secondary N) is 1. The highest BCUT2D eigenvalue weighted by molar-refractivity contribution is 7.98. The first kappa shape index (κ1) is 12.1. The van der Waals surface area contributed by atoms with Crippen LogP contribution in [0.5, 0.6) is 0 Å². The first-order valence-electron chi connectivity index (χ1n) is 5.36. The number of rotatable bonds is 2. The van der Waals surface area contributed by atoms with Gasteiger partial charge in [-0.1, -0.05) is 24.9 Å². The van der Waals surface area contributed by atoms with E-state index in [-0.39, 0.29) is 5.54 Å². The normalized spacial score (nSPS) is 32.2. The molecule has 0 aromatic rings. The minimum absolute atomic E-state index is 0.252. The molecule has 0 aromatic heterocycles. The first-order valence-corrected chi connectivity index (χ1v) is 6.18. The lowest BCUT2D eigenvalue weighted by Crippen LogP contribution is -2.51. The zero-order valence-corrected chi connectivity index (χ0v) is 10.9. The monoisotopic (exact) mass is 213 g/mol. The van der Waals surface area contributed by atoms with Crippen LogP contribution in [0, 0.1) is 11.8 Å². The van der Waals surface area contributed by atoms with E-state index in [9.17, 15) is 0 Å². The summed E-state index contributed by atoms with van der Waals surface area (Å²) >= 11 is 1.88. The predicted octanol–water partition coefficient (Wildman–Crippen LogP) is 3.62. The standard InChI is InChI=1S/C12H23NS/c1-7-9(2)10-8-11(3,4)13-14-12(10,5)6/h7,9-10,13H,1,8H2,2-6H3. The van der Waals surface area contributed by atoms with Gasteiger partial charge in [0.2, 0.25) is 0 Å². The van der Waals surface area contributed by atoms with Gasteiger partial charge in [-0.05, 0) is 46.0 Å². The molecule has 1 fully saturated rings. The van der Waals surface area contributed by atoms with Crippen molar-refractivity contribution in [3.63, 3.8) is 0 Å². The highest BCUT2D eigenvalue weighted by atomic mass is 32.2. The summed E-state index contributed by atoms with van der Waals surface area (Å²) in [6, 6.07) is 0. The van der Waals surface area contributed by atoms with Crippen LogP contribution >= 0.6 is 11.9 Å². The lowest BCUT2D eigenvalue weighted by Gasteiger charge is -2.47. The maximum atomic E-state index is 3.92. The van der Waals surface area contributed by atoms with Crippen LogP contribution in [-0.2, 0) is 0 Å². The van der Waals surface area contributed by atoms with Gasteiger partial charge in [-0.2, -0.15) is 0 Å². The molecule has 1 heterocycles. The third-order valence-electron chi connectivity index (χ3n) is 3.22. The van der Waals surface area contributed by atoms with E-state index < -0.39 is 0 Å². The fourth-order valence-electron chi connectivity index (χ4n) is 2.17. The molecule has 0 aliphatic carbocycles. The maximum Gasteiger partial charge on any atom is 0.0283 e. The Labute approximate surface area is 92.9 Å². The Morgan fingerprint density at radius 3 is 2.50 bits per heavy atom. The molecule has 0 bridgehead atoms. The minimum atomic E-state index is 0.252. The predicted molar refractivity (Wildman–Crippen MR) is 66.4 cm³/mol. The van der Waals surface area contributed by atoms with E-state index in [1.165, 1.54) is 6.42 Å². The van der Waals surface area contributed by atoms with Crippen molar-refractivity contribution >= 4 is 11.9 Å². The number of hydrogen-bond acceptors (Lipinski definition) is 2. The molecule has 2 unspecified atom stereocenters. The Bertz CT molecular complexity index is 220. The van der Waals surface area contributed by atoms with E-state index in [4.69, 9.17) is 0 Å². The molecule has 1 aliphatic heterocycles. The zero-order chi connectivity index (χ0) is 11.0. The molecule has 1 saturated heterocycles. The van der Waals surface area contributed by atoms with Gasteiger partial charge < -0.3 is 0 Å². The lowest BCUT2D eigenvalue weighted by molar-refractivity contribution is 0.233. The second kappa shape index (κ2) is 3.90. The summed E-state index contributed by atoms with van der Waals surface area (Å²) in [7, 11) is 0. The van der Waals surface area contributed by atoms with E-state index in [0.29, 0.717) is 16.6 Å². The summed E-state index contributed by atoms with van der Waals surface area (Å²) in [5.74, 6) is 1.31. The summed E-state index contributed by atoms with van der Waals surface area (Å²) in [5, 5.41) is 0. The SMILES string of the molecule is C=CC(C)C1CC(C)(C)NSC1(C)C. The Kier molecular flexibility index (Phi) is 3.37. The molecule has 2 atom stereocenters. The van der Waals surface area contributed by atoms with Crippen LogP contribution in [0.1, 0.15) is 41.0 Å². The van der Waals surface area contributed by atoms with Crippen molar-refractivity contribution in [3.05, 3.63) is 12.7 Å². The second-order valence-corrected chi connectivity index (χ2v) is 7.06. The molecule has 1 aliphatic rings. The van der Waals surface area contributed by atoms with Crippen molar-refractivity contribution in [1.29, 1.82) is 0 Å². The minimum Gasteiger partial charge on any atom is -0.258 e. The molecule has 0 spiro atoms. The van der Waals surface area contributed by atoms with Gasteiger partial charge in [0.15, 0.2) is 0 Å². The summed E-state index contributed by atoms with van der Waals surface area (Å²) in [5.41, 5.74) is 0.252. The van der Waals surface area contributed by atoms with Gasteiger partial charge >= 0.3 is 0 Å². The van der Waals surface area contributed by atoms with Crippen LogP contribution in [0.15, 0.2) is 12.7 Å². The van der Waals surface area contributed by atoms with Crippen LogP contribution in [0.3, 0.4) is 0 Å². The Morgan fingerprint density at radius 2 is 2.00 bits per heavy atom. The van der Waals surface area contributed by atoms with E-state index in [1.807, 2.05) is 11.9 Å². The molecule has 14 heavy (non-hydrogen) atoms. The number of allylic oxidation sites excluding steroid dienone is 1. The molecule has 1 nitrogen and oxygen atoms in total. The molecule has 0 saturated carbocycles. The fraction of sp³-hybridized carbons (Fsp3) is 0.833. The van der Waals surface area contributed by atoms with Crippen LogP contribution in [-0.4, -0.2) is 10.3 Å². The van der Waals surface area contributed by atoms with E-state index >= 15 is 0 Å². The number of hydrogen-bond donors (Lipinski definition) is 1. The summed E-state index contributed by atoms with van der Waals surface area (Å²) < 4.78 is 3.85. The third-order valence-corrected chi connectivity index (χ3v) is 4.70. The summed E-state index contributed by atoms with van der Waals surface area (Å²) in [4.78, 5) is 0. The van der Waals surface area contributed by atoms with Crippen molar-refractivity contribution in [3.8, 4) is 0 Å². The fourth-order valence-corrected chi connectivity index (χ4v) is 3.24. The van der Waals surface area contributed by atoms with Crippen molar-refractivity contribution in [1.82, 2.24) is 4.72 Å². The van der Waals surface area contributed by atoms with Crippen molar-refractivity contribution in [2.24, 2.45) is 11.8 Å². The Hall–Kier alpha value is 0.0500. The van der Waals surface area contributed by atoms with Crippen LogP contribution in [0.25, 0.3) is 0 Å². The highest BCUT2D eigenvalue weighted by Crippen LogP contribution is 2.45. The zero-order valence-electron chi connectivity index (χ0n) is 10.1. The van der Waals surface area contributed by atoms with Gasteiger partial charge in [0.1, 0.15) is 0 Å². The molecule has 82 valence electrons. The Balaban J connectivity index is 2.81. The van der Waals surface area contributed by atoms with E-state index in [2.05, 4.69) is 52.0 Å².